The van der Waals surface area contributed by atoms with E-state index in [0.717, 1.165) is 23.3 Å². The lowest BCUT2D eigenvalue weighted by Crippen LogP contribution is -2.07. The van der Waals surface area contributed by atoms with E-state index in [1.165, 1.54) is 0 Å². The number of rotatable bonds is 5. The first-order valence-corrected chi connectivity index (χ1v) is 5.76. The maximum absolute atomic E-state index is 12.0. The summed E-state index contributed by atoms with van der Waals surface area (Å²) in [5, 5.41) is 0. The molecule has 0 fully saturated rings. The van der Waals surface area contributed by atoms with Crippen LogP contribution in [0, 0.1) is 12.8 Å². The Labute approximate surface area is 97.6 Å². The Kier molecular flexibility index (Phi) is 4.53. The highest BCUT2D eigenvalue weighted by Gasteiger charge is 2.12. The SMILES string of the molecule is CCC(C)CC(=O)c1ccc(OC)cc1C. The van der Waals surface area contributed by atoms with Gasteiger partial charge in [-0.15, -0.1) is 0 Å². The maximum Gasteiger partial charge on any atom is 0.163 e. The highest BCUT2D eigenvalue weighted by atomic mass is 16.5. The number of carbonyl (C=O) groups excluding carboxylic acids is 1. The summed E-state index contributed by atoms with van der Waals surface area (Å²) in [6, 6.07) is 5.61. The third-order valence-corrected chi connectivity index (χ3v) is 2.96. The molecular formula is C14H20O2. The Morgan fingerprint density at radius 1 is 1.44 bits per heavy atom. The molecule has 16 heavy (non-hydrogen) atoms. The zero-order valence-corrected chi connectivity index (χ0v) is 10.5. The van der Waals surface area contributed by atoms with Crippen LogP contribution >= 0.6 is 0 Å². The number of ketones is 1. The Morgan fingerprint density at radius 3 is 2.62 bits per heavy atom. The minimum absolute atomic E-state index is 0.231. The first kappa shape index (κ1) is 12.8. The molecule has 0 aliphatic carbocycles. The number of carbonyl (C=O) groups is 1. The van der Waals surface area contributed by atoms with Crippen molar-refractivity contribution in [3.63, 3.8) is 0 Å². The highest BCUT2D eigenvalue weighted by molar-refractivity contribution is 5.97. The van der Waals surface area contributed by atoms with Crippen LogP contribution in [-0.4, -0.2) is 12.9 Å². The van der Waals surface area contributed by atoms with Crippen LogP contribution in [0.25, 0.3) is 0 Å². The van der Waals surface area contributed by atoms with Gasteiger partial charge in [-0.3, -0.25) is 4.79 Å². The third-order valence-electron chi connectivity index (χ3n) is 2.96. The monoisotopic (exact) mass is 220 g/mol. The average Bonchev–Trinajstić information content (AvgIpc) is 2.28. The summed E-state index contributed by atoms with van der Waals surface area (Å²) < 4.78 is 5.12. The largest absolute Gasteiger partial charge is 0.497 e. The number of Topliss-reactive ketones (excluding diaryl/α,β-unsaturated/α-hetero) is 1. The minimum Gasteiger partial charge on any atom is -0.497 e. The van der Waals surface area contributed by atoms with E-state index in [9.17, 15) is 4.79 Å². The van der Waals surface area contributed by atoms with Crippen LogP contribution in [0.3, 0.4) is 0 Å². The Hall–Kier alpha value is -1.31. The highest BCUT2D eigenvalue weighted by Crippen LogP contribution is 2.20. The van der Waals surface area contributed by atoms with Crippen molar-refractivity contribution in [2.24, 2.45) is 5.92 Å². The molecule has 0 heterocycles. The summed E-state index contributed by atoms with van der Waals surface area (Å²) >= 11 is 0. The molecule has 0 saturated carbocycles. The molecule has 0 N–H and O–H groups in total. The van der Waals surface area contributed by atoms with Crippen LogP contribution in [-0.2, 0) is 0 Å². The lowest BCUT2D eigenvalue weighted by Gasteiger charge is -2.10. The normalized spacial score (nSPS) is 12.2. The fourth-order valence-corrected chi connectivity index (χ4v) is 1.65. The predicted octanol–water partition coefficient (Wildman–Crippen LogP) is 3.62. The second kappa shape index (κ2) is 5.69. The van der Waals surface area contributed by atoms with Crippen molar-refractivity contribution >= 4 is 5.78 Å². The molecule has 0 aliphatic heterocycles. The van der Waals surface area contributed by atoms with Crippen molar-refractivity contribution in [2.75, 3.05) is 7.11 Å². The van der Waals surface area contributed by atoms with Gasteiger partial charge >= 0.3 is 0 Å². The first-order chi connectivity index (χ1) is 7.58. The quantitative estimate of drug-likeness (QED) is 0.708. The topological polar surface area (TPSA) is 26.3 Å². The fraction of sp³-hybridized carbons (Fsp3) is 0.500. The van der Waals surface area contributed by atoms with E-state index in [2.05, 4.69) is 13.8 Å². The summed E-state index contributed by atoms with van der Waals surface area (Å²) in [7, 11) is 1.63. The Balaban J connectivity index is 2.84. The molecule has 0 aromatic heterocycles. The van der Waals surface area contributed by atoms with E-state index in [1.807, 2.05) is 25.1 Å². The Bertz CT molecular complexity index is 369. The summed E-state index contributed by atoms with van der Waals surface area (Å²) in [4.78, 5) is 12.0. The van der Waals surface area contributed by atoms with E-state index in [4.69, 9.17) is 4.74 Å². The molecule has 1 rings (SSSR count). The second-order valence-corrected chi connectivity index (χ2v) is 4.32. The molecule has 1 aromatic carbocycles. The van der Waals surface area contributed by atoms with Gasteiger partial charge in [0, 0.05) is 12.0 Å². The lowest BCUT2D eigenvalue weighted by atomic mass is 9.95. The van der Waals surface area contributed by atoms with Gasteiger partial charge in [0.15, 0.2) is 5.78 Å². The number of hydrogen-bond acceptors (Lipinski definition) is 2. The molecule has 0 spiro atoms. The molecule has 0 saturated heterocycles. The van der Waals surface area contributed by atoms with Crippen molar-refractivity contribution < 1.29 is 9.53 Å². The standard InChI is InChI=1S/C14H20O2/c1-5-10(2)8-14(15)13-7-6-12(16-4)9-11(13)3/h6-7,9-10H,5,8H2,1-4H3. The fourth-order valence-electron chi connectivity index (χ4n) is 1.65. The number of benzene rings is 1. The summed E-state index contributed by atoms with van der Waals surface area (Å²) in [6.45, 7) is 6.17. The molecule has 0 bridgehead atoms. The second-order valence-electron chi connectivity index (χ2n) is 4.32. The molecular weight excluding hydrogens is 200 g/mol. The molecule has 1 aromatic rings. The van der Waals surface area contributed by atoms with Crippen LogP contribution in [0.5, 0.6) is 5.75 Å². The summed E-state index contributed by atoms with van der Waals surface area (Å²) in [5.74, 6) is 1.49. The van der Waals surface area contributed by atoms with Crippen molar-refractivity contribution in [1.29, 1.82) is 0 Å². The zero-order valence-electron chi connectivity index (χ0n) is 10.5. The number of ether oxygens (including phenoxy) is 1. The molecule has 0 aliphatic rings. The van der Waals surface area contributed by atoms with Gasteiger partial charge in [-0.1, -0.05) is 20.3 Å². The molecule has 1 unspecified atom stereocenters. The lowest BCUT2D eigenvalue weighted by molar-refractivity contribution is 0.0963. The summed E-state index contributed by atoms with van der Waals surface area (Å²) in [5.41, 5.74) is 1.81. The molecule has 2 heteroatoms. The van der Waals surface area contributed by atoms with E-state index in [0.29, 0.717) is 12.3 Å². The van der Waals surface area contributed by atoms with Crippen LogP contribution in [0.4, 0.5) is 0 Å². The maximum atomic E-state index is 12.0. The van der Waals surface area contributed by atoms with Crippen LogP contribution in [0.15, 0.2) is 18.2 Å². The van der Waals surface area contributed by atoms with Crippen molar-refractivity contribution in [3.8, 4) is 5.75 Å². The van der Waals surface area contributed by atoms with E-state index in [1.54, 1.807) is 7.11 Å². The molecule has 88 valence electrons. The van der Waals surface area contributed by atoms with E-state index in [-0.39, 0.29) is 5.78 Å². The van der Waals surface area contributed by atoms with Gasteiger partial charge < -0.3 is 4.74 Å². The van der Waals surface area contributed by atoms with E-state index >= 15 is 0 Å². The minimum atomic E-state index is 0.231. The van der Waals surface area contributed by atoms with Gasteiger partial charge in [0.25, 0.3) is 0 Å². The van der Waals surface area contributed by atoms with Gasteiger partial charge in [-0.2, -0.15) is 0 Å². The Morgan fingerprint density at radius 2 is 2.12 bits per heavy atom. The number of methoxy groups -OCH3 is 1. The number of aryl methyl sites for hydroxylation is 1. The zero-order chi connectivity index (χ0) is 12.1. The van der Waals surface area contributed by atoms with Crippen LogP contribution in [0.2, 0.25) is 0 Å². The molecule has 1 atom stereocenters. The van der Waals surface area contributed by atoms with Crippen molar-refractivity contribution in [1.82, 2.24) is 0 Å². The van der Waals surface area contributed by atoms with E-state index < -0.39 is 0 Å². The molecule has 2 nitrogen and oxygen atoms in total. The van der Waals surface area contributed by atoms with Gasteiger partial charge in [-0.05, 0) is 36.6 Å². The first-order valence-electron chi connectivity index (χ1n) is 5.76. The smallest absolute Gasteiger partial charge is 0.163 e. The van der Waals surface area contributed by atoms with Gasteiger partial charge in [0.05, 0.1) is 7.11 Å². The predicted molar refractivity (Wildman–Crippen MR) is 66.1 cm³/mol. The van der Waals surface area contributed by atoms with Gasteiger partial charge in [0.2, 0.25) is 0 Å². The van der Waals surface area contributed by atoms with Crippen LogP contribution < -0.4 is 4.74 Å². The number of hydrogen-bond donors (Lipinski definition) is 0. The average molecular weight is 220 g/mol. The van der Waals surface area contributed by atoms with Gasteiger partial charge in [-0.25, -0.2) is 0 Å². The molecule has 0 radical (unpaired) electrons. The van der Waals surface area contributed by atoms with Crippen molar-refractivity contribution in [3.05, 3.63) is 29.3 Å². The van der Waals surface area contributed by atoms with Crippen LogP contribution in [0.1, 0.15) is 42.6 Å². The third kappa shape index (κ3) is 3.09. The van der Waals surface area contributed by atoms with Gasteiger partial charge in [0.1, 0.15) is 5.75 Å². The summed E-state index contributed by atoms with van der Waals surface area (Å²) in [6.07, 6.45) is 1.67. The van der Waals surface area contributed by atoms with Crippen molar-refractivity contribution in [2.45, 2.75) is 33.6 Å². The molecule has 0 amide bonds.